The zero-order valence-corrected chi connectivity index (χ0v) is 6.37. The maximum Gasteiger partial charge on any atom is 0.135 e. The first-order chi connectivity index (χ1) is 5.57. The summed E-state index contributed by atoms with van der Waals surface area (Å²) in [4.78, 5) is 0. The molecule has 1 saturated heterocycles. The summed E-state index contributed by atoms with van der Waals surface area (Å²) in [5.74, 6) is 0. The molecule has 0 aromatic heterocycles. The van der Waals surface area contributed by atoms with Crippen LogP contribution in [0.5, 0.6) is 0 Å². The van der Waals surface area contributed by atoms with E-state index in [1.165, 1.54) is 0 Å². The van der Waals surface area contributed by atoms with Crippen molar-refractivity contribution < 1.29 is 25.2 Å². The molecule has 72 valence electrons. The van der Waals surface area contributed by atoms with Gasteiger partial charge in [-0.15, -0.1) is 0 Å². The molecule has 6 nitrogen and oxygen atoms in total. The van der Waals surface area contributed by atoms with Crippen LogP contribution in [0.25, 0.3) is 0 Å². The first-order valence-corrected chi connectivity index (χ1v) is 3.64. The van der Waals surface area contributed by atoms with E-state index in [9.17, 15) is 5.11 Å². The van der Waals surface area contributed by atoms with E-state index in [0.29, 0.717) is 0 Å². The van der Waals surface area contributed by atoms with Crippen molar-refractivity contribution in [2.24, 2.45) is 5.73 Å². The molecule has 0 unspecified atom stereocenters. The van der Waals surface area contributed by atoms with Crippen LogP contribution in [-0.4, -0.2) is 57.7 Å². The van der Waals surface area contributed by atoms with Crippen LogP contribution in [-0.2, 0) is 4.74 Å². The quantitative estimate of drug-likeness (QED) is 0.288. The molecule has 0 saturated carbocycles. The zero-order valence-electron chi connectivity index (χ0n) is 6.37. The first kappa shape index (κ1) is 9.85. The Morgan fingerprint density at radius 2 is 1.67 bits per heavy atom. The number of hydrogen-bond acceptors (Lipinski definition) is 6. The molecule has 0 aromatic rings. The number of aliphatic hydroxyl groups is 4. The highest BCUT2D eigenvalue weighted by Gasteiger charge is 2.41. The Kier molecular flexibility index (Phi) is 2.99. The van der Waals surface area contributed by atoms with Crippen LogP contribution in [0.1, 0.15) is 0 Å². The molecule has 0 spiro atoms. The Bertz CT molecular complexity index is 150. The molecule has 1 aliphatic rings. The van der Waals surface area contributed by atoms with Gasteiger partial charge in [0.2, 0.25) is 0 Å². The van der Waals surface area contributed by atoms with Crippen molar-refractivity contribution in [1.29, 1.82) is 0 Å². The molecular formula is C6H13NO5. The van der Waals surface area contributed by atoms with Gasteiger partial charge in [0, 0.05) is 0 Å². The van der Waals surface area contributed by atoms with Gasteiger partial charge in [0.25, 0.3) is 0 Å². The molecule has 6 N–H and O–H groups in total. The maximum absolute atomic E-state index is 9.18. The number of hydrogen-bond donors (Lipinski definition) is 5. The minimum atomic E-state index is -1.37. The van der Waals surface area contributed by atoms with E-state index in [0.717, 1.165) is 0 Å². The molecule has 0 radical (unpaired) electrons. The summed E-state index contributed by atoms with van der Waals surface area (Å²) in [5.41, 5.74) is 5.24. The number of ether oxygens (including phenoxy) is 1. The van der Waals surface area contributed by atoms with Crippen molar-refractivity contribution in [3.05, 3.63) is 0 Å². The minimum absolute atomic E-state index is 0.446. The van der Waals surface area contributed by atoms with Gasteiger partial charge in [-0.3, -0.25) is 0 Å². The third-order valence-corrected chi connectivity index (χ3v) is 1.93. The van der Waals surface area contributed by atoms with Crippen molar-refractivity contribution in [3.63, 3.8) is 0 Å². The molecule has 5 atom stereocenters. The van der Waals surface area contributed by atoms with Crippen molar-refractivity contribution in [2.75, 3.05) is 6.61 Å². The van der Waals surface area contributed by atoms with E-state index >= 15 is 0 Å². The zero-order chi connectivity index (χ0) is 9.30. The fraction of sp³-hybridized carbons (Fsp3) is 1.00. The number of aliphatic hydroxyl groups excluding tert-OH is 4. The van der Waals surface area contributed by atoms with E-state index in [1.54, 1.807) is 0 Å². The van der Waals surface area contributed by atoms with Gasteiger partial charge in [0.1, 0.15) is 30.6 Å². The third kappa shape index (κ3) is 1.58. The molecule has 1 heterocycles. The average molecular weight is 179 g/mol. The van der Waals surface area contributed by atoms with Gasteiger partial charge in [0.05, 0.1) is 6.61 Å². The maximum atomic E-state index is 9.18. The Morgan fingerprint density at radius 3 is 2.17 bits per heavy atom. The smallest absolute Gasteiger partial charge is 0.135 e. The fourth-order valence-corrected chi connectivity index (χ4v) is 1.13. The van der Waals surface area contributed by atoms with E-state index in [2.05, 4.69) is 0 Å². The summed E-state index contributed by atoms with van der Waals surface area (Å²) in [5, 5.41) is 36.1. The van der Waals surface area contributed by atoms with Crippen molar-refractivity contribution in [1.82, 2.24) is 0 Å². The van der Waals surface area contributed by atoms with Crippen LogP contribution >= 0.6 is 0 Å². The first-order valence-electron chi connectivity index (χ1n) is 3.64. The number of nitrogens with two attached hydrogens (primary N) is 1. The lowest BCUT2D eigenvalue weighted by Crippen LogP contribution is -2.61. The van der Waals surface area contributed by atoms with Crippen LogP contribution < -0.4 is 5.73 Å². The van der Waals surface area contributed by atoms with Gasteiger partial charge in [-0.05, 0) is 0 Å². The average Bonchev–Trinajstić information content (AvgIpc) is 2.08. The minimum Gasteiger partial charge on any atom is -0.394 e. The van der Waals surface area contributed by atoms with E-state index in [4.69, 9.17) is 25.8 Å². The fourth-order valence-electron chi connectivity index (χ4n) is 1.13. The van der Waals surface area contributed by atoms with Crippen LogP contribution in [0.3, 0.4) is 0 Å². The second-order valence-electron chi connectivity index (χ2n) is 2.79. The second-order valence-corrected chi connectivity index (χ2v) is 2.79. The van der Waals surface area contributed by atoms with Gasteiger partial charge >= 0.3 is 0 Å². The van der Waals surface area contributed by atoms with E-state index < -0.39 is 37.3 Å². The highest BCUT2D eigenvalue weighted by Crippen LogP contribution is 2.17. The second kappa shape index (κ2) is 3.65. The lowest BCUT2D eigenvalue weighted by Gasteiger charge is -2.38. The Labute approximate surface area is 69.2 Å². The topological polar surface area (TPSA) is 116 Å². The third-order valence-electron chi connectivity index (χ3n) is 1.93. The van der Waals surface area contributed by atoms with Crippen molar-refractivity contribution in [2.45, 2.75) is 30.6 Å². The monoisotopic (exact) mass is 179 g/mol. The molecule has 1 rings (SSSR count). The summed E-state index contributed by atoms with van der Waals surface area (Å²) in [6.45, 7) is -0.446. The van der Waals surface area contributed by atoms with Gasteiger partial charge in [-0.2, -0.15) is 0 Å². The largest absolute Gasteiger partial charge is 0.394 e. The lowest BCUT2D eigenvalue weighted by atomic mass is 9.99. The van der Waals surface area contributed by atoms with Gasteiger partial charge < -0.3 is 30.9 Å². The lowest BCUT2D eigenvalue weighted by molar-refractivity contribution is -0.227. The van der Waals surface area contributed by atoms with E-state index in [1.807, 2.05) is 0 Å². The van der Waals surface area contributed by atoms with Crippen LogP contribution in [0, 0.1) is 0 Å². The molecular weight excluding hydrogens is 166 g/mol. The molecule has 0 aliphatic carbocycles. The predicted molar refractivity (Wildman–Crippen MR) is 38.0 cm³/mol. The van der Waals surface area contributed by atoms with Crippen LogP contribution in [0.4, 0.5) is 0 Å². The summed E-state index contributed by atoms with van der Waals surface area (Å²) in [7, 11) is 0. The summed E-state index contributed by atoms with van der Waals surface area (Å²) in [6.07, 6.45) is -5.99. The molecule has 1 fully saturated rings. The van der Waals surface area contributed by atoms with Crippen molar-refractivity contribution >= 4 is 0 Å². The predicted octanol–water partition coefficient (Wildman–Crippen LogP) is -3.25. The normalized spacial score (nSPS) is 49.2. The van der Waals surface area contributed by atoms with Gasteiger partial charge in [0.15, 0.2) is 0 Å². The Hall–Kier alpha value is -0.240. The summed E-state index contributed by atoms with van der Waals surface area (Å²) >= 11 is 0. The molecule has 6 heteroatoms. The molecule has 12 heavy (non-hydrogen) atoms. The van der Waals surface area contributed by atoms with Gasteiger partial charge in [-0.1, -0.05) is 0 Å². The molecule has 0 bridgehead atoms. The van der Waals surface area contributed by atoms with Crippen LogP contribution in [0.15, 0.2) is 0 Å². The molecule has 0 aromatic carbocycles. The van der Waals surface area contributed by atoms with E-state index in [-0.39, 0.29) is 0 Å². The highest BCUT2D eigenvalue weighted by molar-refractivity contribution is 4.89. The van der Waals surface area contributed by atoms with Crippen LogP contribution in [0.2, 0.25) is 0 Å². The SMILES string of the molecule is N[C@H]1O[C@H](CO)[C@@H](O)[C@H](O)[C@H]1O. The molecule has 0 amide bonds. The molecule has 1 aliphatic heterocycles. The van der Waals surface area contributed by atoms with Gasteiger partial charge in [-0.25, -0.2) is 0 Å². The Morgan fingerprint density at radius 1 is 1.08 bits per heavy atom. The highest BCUT2D eigenvalue weighted by atomic mass is 16.6. The standard InChI is InChI=1S/C6H13NO5/c7-6-5(11)4(10)3(9)2(1-8)12-6/h2-6,8-11H,1,7H2/t2-,3-,4+,5-,6+/m1/s1. The Balaban J connectivity index is 2.63. The summed E-state index contributed by atoms with van der Waals surface area (Å²) in [6, 6.07) is 0. The van der Waals surface area contributed by atoms with Crippen molar-refractivity contribution in [3.8, 4) is 0 Å². The number of rotatable bonds is 1. The summed E-state index contributed by atoms with van der Waals surface area (Å²) < 4.78 is 4.80.